The molecule has 0 bridgehead atoms. The summed E-state index contributed by atoms with van der Waals surface area (Å²) in [5.41, 5.74) is 0. The first kappa shape index (κ1) is 17.4. The number of hydrogen-bond donors (Lipinski definition) is 0. The Morgan fingerprint density at radius 2 is 1.08 bits per heavy atom. The van der Waals surface area contributed by atoms with E-state index in [2.05, 4.69) is 67.3 Å². The molecule has 0 fully saturated rings. The highest BCUT2D eigenvalue weighted by Gasteiger charge is 2.29. The molecule has 2 nitrogen and oxygen atoms in total. The molecular weight excluding hydrogens is 327 g/mol. The van der Waals surface area contributed by atoms with Gasteiger partial charge >= 0.3 is 0 Å². The van der Waals surface area contributed by atoms with Crippen LogP contribution in [0.15, 0.2) is 78.9 Å². The fraction of sp³-hybridized carbons (Fsp3) is 0.136. The van der Waals surface area contributed by atoms with Crippen molar-refractivity contribution in [2.75, 3.05) is 14.2 Å². The SMILES string of the molecule is CC=P(c1ccccc1)(c1ccccc1OC)c1ccccc1OC. The van der Waals surface area contributed by atoms with Crippen molar-refractivity contribution in [3.63, 3.8) is 0 Å². The number of rotatable bonds is 5. The van der Waals surface area contributed by atoms with E-state index < -0.39 is 6.89 Å². The highest BCUT2D eigenvalue weighted by molar-refractivity contribution is 7.94. The van der Waals surface area contributed by atoms with E-state index in [0.717, 1.165) is 11.5 Å². The van der Waals surface area contributed by atoms with Crippen LogP contribution in [0.4, 0.5) is 0 Å². The van der Waals surface area contributed by atoms with Crippen LogP contribution in [0, 0.1) is 0 Å². The Labute approximate surface area is 150 Å². The first-order valence-electron chi connectivity index (χ1n) is 8.30. The minimum absolute atomic E-state index is 0.906. The number of methoxy groups -OCH3 is 2. The van der Waals surface area contributed by atoms with Crippen molar-refractivity contribution < 1.29 is 9.47 Å². The predicted octanol–water partition coefficient (Wildman–Crippen LogP) is 3.82. The van der Waals surface area contributed by atoms with E-state index in [-0.39, 0.29) is 0 Å². The van der Waals surface area contributed by atoms with Crippen LogP contribution in [0.1, 0.15) is 6.92 Å². The predicted molar refractivity (Wildman–Crippen MR) is 110 cm³/mol. The third-order valence-electron chi connectivity index (χ3n) is 4.48. The monoisotopic (exact) mass is 350 g/mol. The normalized spacial score (nSPS) is 11.0. The number of hydrogen-bond acceptors (Lipinski definition) is 2. The summed E-state index contributed by atoms with van der Waals surface area (Å²) >= 11 is 0. The van der Waals surface area contributed by atoms with Crippen molar-refractivity contribution in [3.8, 4) is 11.5 Å². The van der Waals surface area contributed by atoms with Gasteiger partial charge in [0.2, 0.25) is 0 Å². The Balaban J connectivity index is 2.45. The summed E-state index contributed by atoms with van der Waals surface area (Å²) in [6.07, 6.45) is 0. The Morgan fingerprint density at radius 1 is 0.640 bits per heavy atom. The van der Waals surface area contributed by atoms with Crippen LogP contribution in [0.3, 0.4) is 0 Å². The van der Waals surface area contributed by atoms with Gasteiger partial charge in [0.1, 0.15) is 11.5 Å². The lowest BCUT2D eigenvalue weighted by atomic mass is 10.3. The van der Waals surface area contributed by atoms with Gasteiger partial charge in [-0.15, -0.1) is 0 Å². The van der Waals surface area contributed by atoms with E-state index in [0.29, 0.717) is 0 Å². The summed E-state index contributed by atoms with van der Waals surface area (Å²) in [5, 5.41) is 3.69. The van der Waals surface area contributed by atoms with Crippen molar-refractivity contribution in [2.24, 2.45) is 0 Å². The average molecular weight is 350 g/mol. The number of benzene rings is 3. The van der Waals surface area contributed by atoms with Crippen molar-refractivity contribution in [2.45, 2.75) is 6.92 Å². The molecule has 0 aliphatic carbocycles. The largest absolute Gasteiger partial charge is 0.496 e. The topological polar surface area (TPSA) is 18.5 Å². The quantitative estimate of drug-likeness (QED) is 0.652. The van der Waals surface area contributed by atoms with Gasteiger partial charge in [-0.05, 0) is 31.2 Å². The molecule has 0 aliphatic heterocycles. The van der Waals surface area contributed by atoms with Crippen LogP contribution in [0.25, 0.3) is 0 Å². The summed E-state index contributed by atoms with van der Waals surface area (Å²) < 4.78 is 11.5. The van der Waals surface area contributed by atoms with Crippen molar-refractivity contribution in [1.29, 1.82) is 0 Å². The lowest BCUT2D eigenvalue weighted by molar-refractivity contribution is 0.417. The van der Waals surface area contributed by atoms with E-state index >= 15 is 0 Å². The van der Waals surface area contributed by atoms with Gasteiger partial charge in [-0.3, -0.25) is 0 Å². The van der Waals surface area contributed by atoms with Gasteiger partial charge in [-0.25, -0.2) is 0 Å². The molecule has 0 spiro atoms. The van der Waals surface area contributed by atoms with Gasteiger partial charge in [0, 0.05) is 10.6 Å². The van der Waals surface area contributed by atoms with Crippen LogP contribution in [-0.4, -0.2) is 20.0 Å². The summed E-state index contributed by atoms with van der Waals surface area (Å²) in [6.45, 7) is 0.121. The van der Waals surface area contributed by atoms with Crippen molar-refractivity contribution in [1.82, 2.24) is 0 Å². The Bertz CT molecular complexity index is 849. The Hall–Kier alpha value is -2.44. The van der Waals surface area contributed by atoms with Crippen LogP contribution < -0.4 is 25.4 Å². The maximum Gasteiger partial charge on any atom is 0.127 e. The Kier molecular flexibility index (Phi) is 5.31. The zero-order valence-electron chi connectivity index (χ0n) is 14.8. The number of para-hydroxylation sites is 2. The van der Waals surface area contributed by atoms with Gasteiger partial charge in [0.05, 0.1) is 14.2 Å². The third kappa shape index (κ3) is 2.99. The van der Waals surface area contributed by atoms with E-state index in [1.807, 2.05) is 24.3 Å². The second-order valence-electron chi connectivity index (χ2n) is 5.66. The maximum absolute atomic E-state index is 5.74. The maximum atomic E-state index is 5.74. The van der Waals surface area contributed by atoms with Crippen LogP contribution in [0.5, 0.6) is 11.5 Å². The molecular formula is C22H23O2P. The molecule has 0 N–H and O–H groups in total. The van der Waals surface area contributed by atoms with Crippen LogP contribution >= 0.6 is 6.89 Å². The molecule has 25 heavy (non-hydrogen) atoms. The first-order valence-corrected chi connectivity index (χ1v) is 10.2. The summed E-state index contributed by atoms with van der Waals surface area (Å²) in [7, 11) is 3.47. The summed E-state index contributed by atoms with van der Waals surface area (Å²) in [4.78, 5) is 0. The summed E-state index contributed by atoms with van der Waals surface area (Å²) in [5.74, 6) is 4.14. The third-order valence-corrected chi connectivity index (χ3v) is 8.63. The molecule has 0 unspecified atom stereocenters. The molecule has 0 amide bonds. The standard InChI is InChI=1S/C22H23O2P/c1-4-25(18-12-6-5-7-13-18,21-16-10-8-14-19(21)23-2)22-17-11-9-15-20(22)24-3/h4-17H,1-3H3. The minimum atomic E-state index is -2.02. The molecule has 0 heterocycles. The van der Waals surface area contributed by atoms with Gasteiger partial charge in [-0.1, -0.05) is 72.5 Å². The van der Waals surface area contributed by atoms with Crippen molar-refractivity contribution in [3.05, 3.63) is 78.9 Å². The fourth-order valence-electron chi connectivity index (χ4n) is 3.34. The van der Waals surface area contributed by atoms with Gasteiger partial charge in [0.15, 0.2) is 0 Å². The number of ether oxygens (including phenoxy) is 2. The lowest BCUT2D eigenvalue weighted by Crippen LogP contribution is -2.28. The molecule has 128 valence electrons. The Morgan fingerprint density at radius 3 is 1.52 bits per heavy atom. The molecule has 0 atom stereocenters. The van der Waals surface area contributed by atoms with Gasteiger partial charge in [0.25, 0.3) is 0 Å². The molecule has 0 aromatic heterocycles. The van der Waals surface area contributed by atoms with Crippen molar-refractivity contribution >= 4 is 28.6 Å². The highest BCUT2D eigenvalue weighted by Crippen LogP contribution is 2.48. The van der Waals surface area contributed by atoms with Crippen LogP contribution in [-0.2, 0) is 0 Å². The second kappa shape index (κ2) is 7.63. The zero-order valence-corrected chi connectivity index (χ0v) is 15.7. The van der Waals surface area contributed by atoms with E-state index in [4.69, 9.17) is 9.47 Å². The molecule has 3 rings (SSSR count). The van der Waals surface area contributed by atoms with E-state index in [9.17, 15) is 0 Å². The molecule has 3 heteroatoms. The lowest BCUT2D eigenvalue weighted by Gasteiger charge is -2.30. The molecule has 0 saturated heterocycles. The van der Waals surface area contributed by atoms with E-state index in [1.165, 1.54) is 15.9 Å². The first-order chi connectivity index (χ1) is 12.3. The van der Waals surface area contributed by atoms with E-state index in [1.54, 1.807) is 14.2 Å². The fourth-order valence-corrected chi connectivity index (χ4v) is 7.32. The molecule has 0 radical (unpaired) electrons. The second-order valence-corrected chi connectivity index (χ2v) is 9.10. The summed E-state index contributed by atoms with van der Waals surface area (Å²) in [6, 6.07) is 27.2. The van der Waals surface area contributed by atoms with Gasteiger partial charge in [-0.2, -0.15) is 0 Å². The molecule has 0 aliphatic rings. The smallest absolute Gasteiger partial charge is 0.127 e. The van der Waals surface area contributed by atoms with Crippen LogP contribution in [0.2, 0.25) is 0 Å². The molecule has 0 saturated carbocycles. The minimum Gasteiger partial charge on any atom is -0.496 e. The molecule has 3 aromatic carbocycles. The highest BCUT2D eigenvalue weighted by atomic mass is 31.2. The molecule has 3 aromatic rings. The van der Waals surface area contributed by atoms with Gasteiger partial charge < -0.3 is 9.47 Å². The average Bonchev–Trinajstić information content (AvgIpc) is 2.70. The zero-order chi connectivity index (χ0) is 17.7.